The Balaban J connectivity index is 1.76. The summed E-state index contributed by atoms with van der Waals surface area (Å²) in [5.74, 6) is 0.792. The van der Waals surface area contributed by atoms with Crippen molar-refractivity contribution >= 4 is 6.03 Å². The molecule has 6 heteroatoms. The van der Waals surface area contributed by atoms with E-state index in [4.69, 9.17) is 4.52 Å². The molecular weight excluding hydrogens is 258 g/mol. The van der Waals surface area contributed by atoms with Gasteiger partial charge in [0.2, 0.25) is 0 Å². The highest BCUT2D eigenvalue weighted by molar-refractivity contribution is 5.74. The number of carbonyl (C=O) groups is 1. The summed E-state index contributed by atoms with van der Waals surface area (Å²) in [5.41, 5.74) is 1.21. The standard InChI is InChI=1S/C14H23N3O3/c1-9(7-12-10(2)17-20-11(12)3)16-13(18)15-8-14(19)5-4-6-14/h9,19H,4-8H2,1-3H3,(H2,15,16,18). The Bertz CT molecular complexity index is 461. The van der Waals surface area contributed by atoms with Gasteiger partial charge in [0.05, 0.1) is 11.3 Å². The molecular formula is C14H23N3O3. The van der Waals surface area contributed by atoms with E-state index in [-0.39, 0.29) is 12.1 Å². The SMILES string of the molecule is Cc1noc(C)c1CC(C)NC(=O)NCC1(O)CCC1. The third kappa shape index (κ3) is 3.50. The molecule has 1 heterocycles. The lowest BCUT2D eigenvalue weighted by molar-refractivity contribution is -0.0290. The predicted molar refractivity (Wildman–Crippen MR) is 74.5 cm³/mol. The number of nitrogens with one attached hydrogen (secondary N) is 2. The first kappa shape index (κ1) is 14.8. The minimum atomic E-state index is -0.692. The number of carbonyl (C=O) groups excluding carboxylic acids is 1. The van der Waals surface area contributed by atoms with Crippen molar-refractivity contribution in [3.05, 3.63) is 17.0 Å². The lowest BCUT2D eigenvalue weighted by Crippen LogP contribution is -2.51. The second-order valence-corrected chi connectivity index (χ2v) is 5.81. The van der Waals surface area contributed by atoms with Crippen LogP contribution in [0.15, 0.2) is 4.52 Å². The summed E-state index contributed by atoms with van der Waals surface area (Å²) in [6, 6.07) is -0.271. The first-order valence-corrected chi connectivity index (χ1v) is 7.08. The summed E-state index contributed by atoms with van der Waals surface area (Å²) < 4.78 is 5.10. The van der Waals surface area contributed by atoms with Crippen molar-refractivity contribution in [2.75, 3.05) is 6.54 Å². The number of urea groups is 1. The number of aliphatic hydroxyl groups is 1. The molecule has 1 saturated carbocycles. The second-order valence-electron chi connectivity index (χ2n) is 5.81. The molecule has 3 N–H and O–H groups in total. The maximum Gasteiger partial charge on any atom is 0.315 e. The molecule has 6 nitrogen and oxygen atoms in total. The molecule has 1 aromatic heterocycles. The van der Waals surface area contributed by atoms with Gasteiger partial charge < -0.3 is 20.3 Å². The lowest BCUT2D eigenvalue weighted by Gasteiger charge is -2.36. The first-order valence-electron chi connectivity index (χ1n) is 7.08. The van der Waals surface area contributed by atoms with E-state index in [9.17, 15) is 9.90 Å². The van der Waals surface area contributed by atoms with Crippen molar-refractivity contribution in [1.29, 1.82) is 0 Å². The highest BCUT2D eigenvalue weighted by atomic mass is 16.5. The van der Waals surface area contributed by atoms with Crippen molar-refractivity contribution in [2.24, 2.45) is 0 Å². The maximum atomic E-state index is 11.8. The van der Waals surface area contributed by atoms with E-state index in [2.05, 4.69) is 15.8 Å². The van der Waals surface area contributed by atoms with Crippen LogP contribution < -0.4 is 10.6 Å². The minimum Gasteiger partial charge on any atom is -0.388 e. The van der Waals surface area contributed by atoms with Gasteiger partial charge in [-0.1, -0.05) is 5.16 Å². The van der Waals surface area contributed by atoms with E-state index in [1.807, 2.05) is 20.8 Å². The molecule has 2 rings (SSSR count). The highest BCUT2D eigenvalue weighted by Gasteiger charge is 2.34. The Morgan fingerprint density at radius 2 is 2.20 bits per heavy atom. The molecule has 20 heavy (non-hydrogen) atoms. The zero-order valence-corrected chi connectivity index (χ0v) is 12.3. The van der Waals surface area contributed by atoms with Crippen molar-refractivity contribution in [3.63, 3.8) is 0 Å². The lowest BCUT2D eigenvalue weighted by atomic mass is 9.80. The van der Waals surface area contributed by atoms with Gasteiger partial charge in [0.15, 0.2) is 0 Å². The molecule has 1 unspecified atom stereocenters. The van der Waals surface area contributed by atoms with Gasteiger partial charge >= 0.3 is 6.03 Å². The summed E-state index contributed by atoms with van der Waals surface area (Å²) in [6.45, 7) is 6.01. The third-order valence-corrected chi connectivity index (χ3v) is 3.93. The Morgan fingerprint density at radius 1 is 1.50 bits per heavy atom. The van der Waals surface area contributed by atoms with Crippen LogP contribution in [0.1, 0.15) is 43.2 Å². The number of nitrogens with zero attached hydrogens (tertiary/aromatic N) is 1. The molecule has 0 spiro atoms. The van der Waals surface area contributed by atoms with Crippen molar-refractivity contribution in [2.45, 2.75) is 58.1 Å². The maximum absolute atomic E-state index is 11.8. The van der Waals surface area contributed by atoms with E-state index in [0.717, 1.165) is 36.3 Å². The normalized spacial score (nSPS) is 18.2. The van der Waals surface area contributed by atoms with Crippen LogP contribution in [-0.4, -0.2) is 34.5 Å². The van der Waals surface area contributed by atoms with Gasteiger partial charge in [-0.25, -0.2) is 4.79 Å². The fraction of sp³-hybridized carbons (Fsp3) is 0.714. The third-order valence-electron chi connectivity index (χ3n) is 3.93. The first-order chi connectivity index (χ1) is 9.39. The van der Waals surface area contributed by atoms with Gasteiger partial charge in [0.25, 0.3) is 0 Å². The smallest absolute Gasteiger partial charge is 0.315 e. The zero-order valence-electron chi connectivity index (χ0n) is 12.3. The van der Waals surface area contributed by atoms with E-state index in [1.54, 1.807) is 0 Å². The summed E-state index contributed by atoms with van der Waals surface area (Å²) >= 11 is 0. The molecule has 0 saturated heterocycles. The molecule has 2 amide bonds. The number of rotatable bonds is 5. The fourth-order valence-corrected chi connectivity index (χ4v) is 2.43. The van der Waals surface area contributed by atoms with Crippen LogP contribution in [0.3, 0.4) is 0 Å². The average molecular weight is 281 g/mol. The number of hydrogen-bond donors (Lipinski definition) is 3. The number of hydrogen-bond acceptors (Lipinski definition) is 4. The van der Waals surface area contributed by atoms with Crippen LogP contribution in [0, 0.1) is 13.8 Å². The largest absolute Gasteiger partial charge is 0.388 e. The monoisotopic (exact) mass is 281 g/mol. The van der Waals surface area contributed by atoms with Gasteiger partial charge in [-0.2, -0.15) is 0 Å². The van der Waals surface area contributed by atoms with Gasteiger partial charge in [0, 0.05) is 18.2 Å². The van der Waals surface area contributed by atoms with Crippen LogP contribution in [-0.2, 0) is 6.42 Å². The molecule has 1 fully saturated rings. The van der Waals surface area contributed by atoms with Crippen LogP contribution in [0.4, 0.5) is 4.79 Å². The molecule has 1 aromatic rings. The predicted octanol–water partition coefficient (Wildman–Crippen LogP) is 1.44. The second kappa shape index (κ2) is 5.83. The average Bonchev–Trinajstić information content (AvgIpc) is 2.66. The van der Waals surface area contributed by atoms with Gasteiger partial charge in [-0.3, -0.25) is 0 Å². The Morgan fingerprint density at radius 3 is 2.70 bits per heavy atom. The van der Waals surface area contributed by atoms with E-state index >= 15 is 0 Å². The molecule has 0 radical (unpaired) electrons. The van der Waals surface area contributed by atoms with Crippen molar-refractivity contribution in [3.8, 4) is 0 Å². The molecule has 112 valence electrons. The quantitative estimate of drug-likeness (QED) is 0.762. The molecule has 1 aliphatic rings. The Labute approximate surface area is 118 Å². The van der Waals surface area contributed by atoms with Crippen LogP contribution in [0.25, 0.3) is 0 Å². The van der Waals surface area contributed by atoms with E-state index in [1.165, 1.54) is 0 Å². The minimum absolute atomic E-state index is 0.0252. The summed E-state index contributed by atoms with van der Waals surface area (Å²) in [6.07, 6.45) is 3.24. The van der Waals surface area contributed by atoms with E-state index in [0.29, 0.717) is 13.0 Å². The van der Waals surface area contributed by atoms with Gasteiger partial charge in [-0.15, -0.1) is 0 Å². The highest BCUT2D eigenvalue weighted by Crippen LogP contribution is 2.30. The molecule has 0 aliphatic heterocycles. The number of aryl methyl sites for hydroxylation is 2. The summed E-state index contributed by atoms with van der Waals surface area (Å²) in [5, 5.41) is 19.4. The molecule has 1 atom stereocenters. The fourth-order valence-electron chi connectivity index (χ4n) is 2.43. The molecule has 0 bridgehead atoms. The summed E-state index contributed by atoms with van der Waals surface area (Å²) in [7, 11) is 0. The van der Waals surface area contributed by atoms with Crippen LogP contribution in [0.5, 0.6) is 0 Å². The number of amides is 2. The van der Waals surface area contributed by atoms with Crippen LogP contribution >= 0.6 is 0 Å². The Hall–Kier alpha value is -1.56. The zero-order chi connectivity index (χ0) is 14.8. The van der Waals surface area contributed by atoms with Crippen molar-refractivity contribution in [1.82, 2.24) is 15.8 Å². The van der Waals surface area contributed by atoms with Crippen LogP contribution in [0.2, 0.25) is 0 Å². The van der Waals surface area contributed by atoms with E-state index < -0.39 is 5.60 Å². The molecule has 0 aromatic carbocycles. The number of aromatic nitrogens is 1. The Kier molecular flexibility index (Phi) is 4.32. The molecule has 1 aliphatic carbocycles. The van der Waals surface area contributed by atoms with Gasteiger partial charge in [0.1, 0.15) is 5.76 Å². The van der Waals surface area contributed by atoms with Gasteiger partial charge in [-0.05, 0) is 46.5 Å². The summed E-state index contributed by atoms with van der Waals surface area (Å²) in [4.78, 5) is 11.8. The topological polar surface area (TPSA) is 87.4 Å². The van der Waals surface area contributed by atoms with Crippen molar-refractivity contribution < 1.29 is 14.4 Å².